The molecule has 0 aliphatic carbocycles. The van der Waals surface area contributed by atoms with Gasteiger partial charge in [0.25, 0.3) is 0 Å². The van der Waals surface area contributed by atoms with Gasteiger partial charge in [-0.05, 0) is 25.0 Å². The van der Waals surface area contributed by atoms with Gasteiger partial charge in [0.1, 0.15) is 0 Å². The molecular weight excluding hydrogens is 202 g/mol. The number of carbonyl (C=O) groups excluding carboxylic acids is 1. The van der Waals surface area contributed by atoms with Gasteiger partial charge in [-0.3, -0.25) is 4.79 Å². The monoisotopic (exact) mass is 215 g/mol. The van der Waals surface area contributed by atoms with Crippen LogP contribution in [0.15, 0.2) is 35.0 Å². The number of benzene rings is 1. The van der Waals surface area contributed by atoms with Crippen LogP contribution < -0.4 is 0 Å². The summed E-state index contributed by atoms with van der Waals surface area (Å²) in [6.07, 6.45) is 2.09. The lowest BCUT2D eigenvalue weighted by Crippen LogP contribution is -1.97. The predicted octanol–water partition coefficient (Wildman–Crippen LogP) is 2.78. The molecule has 3 nitrogen and oxygen atoms in total. The van der Waals surface area contributed by atoms with Crippen molar-refractivity contribution in [1.29, 1.82) is 0 Å². The highest BCUT2D eigenvalue weighted by Gasteiger charge is 2.13. The highest BCUT2D eigenvalue weighted by Crippen LogP contribution is 2.17. The fourth-order valence-electron chi connectivity index (χ4n) is 1.66. The van der Waals surface area contributed by atoms with Crippen LogP contribution in [0, 0.1) is 6.92 Å². The Morgan fingerprint density at radius 3 is 2.81 bits per heavy atom. The average Bonchev–Trinajstić information content (AvgIpc) is 2.69. The van der Waals surface area contributed by atoms with Gasteiger partial charge in [-0.15, -0.1) is 0 Å². The Hall–Kier alpha value is -1.90. The summed E-state index contributed by atoms with van der Waals surface area (Å²) >= 11 is 0. The summed E-state index contributed by atoms with van der Waals surface area (Å²) in [5.74, 6) is 0.631. The molecule has 0 fully saturated rings. The molecule has 82 valence electrons. The van der Waals surface area contributed by atoms with Crippen LogP contribution >= 0.6 is 0 Å². The Labute approximate surface area is 94.1 Å². The Kier molecular flexibility index (Phi) is 2.86. The maximum Gasteiger partial charge on any atom is 0.165 e. The van der Waals surface area contributed by atoms with Crippen molar-refractivity contribution in [3.63, 3.8) is 0 Å². The molecule has 3 heteroatoms. The second-order valence-electron chi connectivity index (χ2n) is 3.82. The van der Waals surface area contributed by atoms with Gasteiger partial charge >= 0.3 is 0 Å². The van der Waals surface area contributed by atoms with Crippen molar-refractivity contribution >= 4 is 5.78 Å². The molecule has 0 atom stereocenters. The highest BCUT2D eigenvalue weighted by atomic mass is 16.5. The van der Waals surface area contributed by atoms with Crippen molar-refractivity contribution in [3.05, 3.63) is 52.9 Å². The van der Waals surface area contributed by atoms with Crippen molar-refractivity contribution in [3.8, 4) is 0 Å². The molecule has 0 bridgehead atoms. The molecule has 0 amide bonds. The summed E-state index contributed by atoms with van der Waals surface area (Å²) in [5.41, 5.74) is 2.92. The first kappa shape index (κ1) is 10.6. The van der Waals surface area contributed by atoms with E-state index in [0.717, 1.165) is 5.56 Å². The van der Waals surface area contributed by atoms with Gasteiger partial charge in [-0.25, -0.2) is 0 Å². The lowest BCUT2D eigenvalue weighted by atomic mass is 10.0. The molecule has 0 aliphatic heterocycles. The molecule has 0 unspecified atom stereocenters. The molecule has 2 aromatic rings. The number of hydrogen-bond acceptors (Lipinski definition) is 3. The molecule has 1 heterocycles. The summed E-state index contributed by atoms with van der Waals surface area (Å²) in [5, 5.41) is 3.67. The molecule has 0 spiro atoms. The normalized spacial score (nSPS) is 10.4. The van der Waals surface area contributed by atoms with E-state index >= 15 is 0 Å². The Balaban J connectivity index is 2.31. The number of nitrogens with zero attached hydrogens (tertiary/aromatic N) is 1. The van der Waals surface area contributed by atoms with Gasteiger partial charge < -0.3 is 4.52 Å². The molecule has 16 heavy (non-hydrogen) atoms. The lowest BCUT2D eigenvalue weighted by Gasteiger charge is -2.03. The van der Waals surface area contributed by atoms with Crippen molar-refractivity contribution < 1.29 is 9.32 Å². The van der Waals surface area contributed by atoms with Crippen LogP contribution in [0.3, 0.4) is 0 Å². The maximum absolute atomic E-state index is 11.3. The third kappa shape index (κ3) is 2.03. The third-order valence-corrected chi connectivity index (χ3v) is 2.64. The largest absolute Gasteiger partial charge is 0.360 e. The molecule has 0 saturated heterocycles. The van der Waals surface area contributed by atoms with Crippen LogP contribution in [0.2, 0.25) is 0 Å². The minimum atomic E-state index is -0.00941. The zero-order chi connectivity index (χ0) is 11.5. The van der Waals surface area contributed by atoms with E-state index < -0.39 is 0 Å². The molecule has 0 saturated carbocycles. The molecule has 2 rings (SSSR count). The van der Waals surface area contributed by atoms with Gasteiger partial charge in [0.2, 0.25) is 0 Å². The molecule has 1 aromatic heterocycles. The molecule has 0 N–H and O–H groups in total. The lowest BCUT2D eigenvalue weighted by molar-refractivity contribution is 0.101. The van der Waals surface area contributed by atoms with E-state index in [0.29, 0.717) is 17.7 Å². The minimum absolute atomic E-state index is 0.00941. The Morgan fingerprint density at radius 1 is 1.38 bits per heavy atom. The van der Waals surface area contributed by atoms with Crippen molar-refractivity contribution in [2.75, 3.05) is 0 Å². The van der Waals surface area contributed by atoms with Gasteiger partial charge in [0.05, 0.1) is 11.8 Å². The van der Waals surface area contributed by atoms with Crippen LogP contribution in [0.1, 0.15) is 34.2 Å². The summed E-state index contributed by atoms with van der Waals surface area (Å²) in [6, 6.07) is 8.04. The first-order chi connectivity index (χ1) is 7.68. The van der Waals surface area contributed by atoms with Gasteiger partial charge in [-0.2, -0.15) is 0 Å². The number of Topliss-reactive ketones (excluding diaryl/α,β-unsaturated/α-hetero) is 1. The maximum atomic E-state index is 11.3. The number of rotatable bonds is 3. The number of ketones is 1. The first-order valence-corrected chi connectivity index (χ1v) is 5.17. The van der Waals surface area contributed by atoms with E-state index in [1.54, 1.807) is 0 Å². The predicted molar refractivity (Wildman–Crippen MR) is 60.5 cm³/mol. The summed E-state index contributed by atoms with van der Waals surface area (Å²) in [7, 11) is 0. The summed E-state index contributed by atoms with van der Waals surface area (Å²) in [4.78, 5) is 11.3. The fourth-order valence-corrected chi connectivity index (χ4v) is 1.66. The molecular formula is C13H13NO2. The quantitative estimate of drug-likeness (QED) is 0.739. The molecule has 0 aliphatic rings. The standard InChI is InChI=1S/C13H13NO2/c1-9-5-3-4-6-11(9)7-13-12(10(2)15)8-14-16-13/h3-6,8H,7H2,1-2H3. The van der Waals surface area contributed by atoms with E-state index in [-0.39, 0.29) is 5.78 Å². The Morgan fingerprint density at radius 2 is 2.12 bits per heavy atom. The van der Waals surface area contributed by atoms with E-state index in [4.69, 9.17) is 4.52 Å². The van der Waals surface area contributed by atoms with Crippen LogP contribution in [0.25, 0.3) is 0 Å². The van der Waals surface area contributed by atoms with Crippen molar-refractivity contribution in [1.82, 2.24) is 5.16 Å². The van der Waals surface area contributed by atoms with Crippen molar-refractivity contribution in [2.24, 2.45) is 0 Å². The van der Waals surface area contributed by atoms with Crippen LogP contribution in [-0.2, 0) is 6.42 Å². The van der Waals surface area contributed by atoms with Gasteiger partial charge in [-0.1, -0.05) is 29.4 Å². The van der Waals surface area contributed by atoms with E-state index in [1.165, 1.54) is 18.7 Å². The first-order valence-electron chi connectivity index (χ1n) is 5.17. The van der Waals surface area contributed by atoms with Crippen LogP contribution in [-0.4, -0.2) is 10.9 Å². The number of hydrogen-bond donors (Lipinski definition) is 0. The minimum Gasteiger partial charge on any atom is -0.360 e. The van der Waals surface area contributed by atoms with E-state index in [9.17, 15) is 4.79 Å². The Bertz CT molecular complexity index is 514. The second-order valence-corrected chi connectivity index (χ2v) is 3.82. The van der Waals surface area contributed by atoms with E-state index in [1.807, 2.05) is 31.2 Å². The van der Waals surface area contributed by atoms with Crippen molar-refractivity contribution in [2.45, 2.75) is 20.3 Å². The third-order valence-electron chi connectivity index (χ3n) is 2.64. The molecule has 0 radical (unpaired) electrons. The fraction of sp³-hybridized carbons (Fsp3) is 0.231. The van der Waals surface area contributed by atoms with E-state index in [2.05, 4.69) is 5.16 Å². The average molecular weight is 215 g/mol. The topological polar surface area (TPSA) is 43.1 Å². The smallest absolute Gasteiger partial charge is 0.165 e. The number of aromatic nitrogens is 1. The van der Waals surface area contributed by atoms with Gasteiger partial charge in [0.15, 0.2) is 11.5 Å². The number of carbonyl (C=O) groups is 1. The molecule has 1 aromatic carbocycles. The zero-order valence-electron chi connectivity index (χ0n) is 9.36. The van der Waals surface area contributed by atoms with Crippen LogP contribution in [0.5, 0.6) is 0 Å². The SMILES string of the molecule is CC(=O)c1cnoc1Cc1ccccc1C. The second kappa shape index (κ2) is 4.31. The zero-order valence-corrected chi connectivity index (χ0v) is 9.36. The highest BCUT2D eigenvalue weighted by molar-refractivity contribution is 5.94. The summed E-state index contributed by atoms with van der Waals surface area (Å²) in [6.45, 7) is 3.56. The number of aryl methyl sites for hydroxylation is 1. The van der Waals surface area contributed by atoms with Gasteiger partial charge in [0, 0.05) is 6.42 Å². The van der Waals surface area contributed by atoms with Crippen LogP contribution in [0.4, 0.5) is 0 Å². The summed E-state index contributed by atoms with van der Waals surface area (Å²) < 4.78 is 5.11.